The van der Waals surface area contributed by atoms with Crippen LogP contribution in [-0.2, 0) is 19.0 Å². The molecule has 3 amide bonds. The van der Waals surface area contributed by atoms with Crippen LogP contribution in [0.1, 0.15) is 71.4 Å². The number of nitrogens with one attached hydrogen (secondary N) is 2. The predicted molar refractivity (Wildman–Crippen MR) is 177 cm³/mol. The maximum Gasteiger partial charge on any atom is 0.417 e. The van der Waals surface area contributed by atoms with Crippen molar-refractivity contribution in [1.82, 2.24) is 15.5 Å². The first-order chi connectivity index (χ1) is 22.6. The van der Waals surface area contributed by atoms with Gasteiger partial charge in [0.05, 0.1) is 0 Å². The fourth-order valence-corrected chi connectivity index (χ4v) is 4.90. The van der Waals surface area contributed by atoms with Crippen LogP contribution in [0.15, 0.2) is 58.6 Å². The minimum absolute atomic E-state index is 0.0204. The second kappa shape index (κ2) is 16.5. The summed E-state index contributed by atoms with van der Waals surface area (Å²) in [5.74, 6) is -1.71. The number of aliphatic carboxylic acids is 1. The quantitative estimate of drug-likeness (QED) is 0.0479. The summed E-state index contributed by atoms with van der Waals surface area (Å²) in [6.07, 6.45) is -2.58. The number of amides is 3. The highest BCUT2D eigenvalue weighted by Gasteiger charge is 2.31. The van der Waals surface area contributed by atoms with Crippen molar-refractivity contribution < 1.29 is 38.5 Å². The second-order valence-electron chi connectivity index (χ2n) is 12.9. The summed E-state index contributed by atoms with van der Waals surface area (Å²) in [5.41, 5.74) is 11.1. The first-order valence-corrected chi connectivity index (χ1v) is 15.5. The Labute approximate surface area is 279 Å². The SMILES string of the molecule is CC(C)(C)OC(=O)NC(=NCCC[C@H](NC(=O)OCC1c2ccccc2-c2ccccc21)C(=O)O)N(CCN=[N+]=[N-])C(=O)OC(C)(C)C. The Morgan fingerprint density at radius 2 is 1.50 bits per heavy atom. The molecule has 3 rings (SSSR count). The molecule has 48 heavy (non-hydrogen) atoms. The highest BCUT2D eigenvalue weighted by atomic mass is 16.6. The second-order valence-corrected chi connectivity index (χ2v) is 12.9. The molecule has 258 valence electrons. The Hall–Kier alpha value is -5.30. The van der Waals surface area contributed by atoms with E-state index in [9.17, 15) is 24.3 Å². The molecule has 3 N–H and O–H groups in total. The monoisotopic (exact) mass is 665 g/mol. The molecular weight excluding hydrogens is 622 g/mol. The lowest BCUT2D eigenvalue weighted by atomic mass is 9.98. The van der Waals surface area contributed by atoms with E-state index in [4.69, 9.17) is 19.7 Å². The van der Waals surface area contributed by atoms with Gasteiger partial charge in [-0.05, 0) is 82.2 Å². The van der Waals surface area contributed by atoms with Crippen molar-refractivity contribution in [3.63, 3.8) is 0 Å². The molecule has 0 bridgehead atoms. The highest BCUT2D eigenvalue weighted by molar-refractivity contribution is 6.01. The summed E-state index contributed by atoms with van der Waals surface area (Å²) in [7, 11) is 0. The van der Waals surface area contributed by atoms with E-state index in [1.165, 1.54) is 0 Å². The van der Waals surface area contributed by atoms with Crippen molar-refractivity contribution in [3.8, 4) is 11.1 Å². The summed E-state index contributed by atoms with van der Waals surface area (Å²) in [6.45, 7) is 9.56. The lowest BCUT2D eigenvalue weighted by Crippen LogP contribution is -2.50. The van der Waals surface area contributed by atoms with E-state index >= 15 is 0 Å². The van der Waals surface area contributed by atoms with Crippen molar-refractivity contribution in [2.45, 2.75) is 77.5 Å². The Balaban J connectivity index is 1.68. The van der Waals surface area contributed by atoms with Crippen LogP contribution in [0, 0.1) is 0 Å². The number of rotatable bonds is 11. The molecule has 0 saturated heterocycles. The summed E-state index contributed by atoms with van der Waals surface area (Å²) in [6, 6.07) is 14.4. The van der Waals surface area contributed by atoms with Crippen molar-refractivity contribution >= 4 is 30.2 Å². The number of hydrogen-bond donors (Lipinski definition) is 3. The summed E-state index contributed by atoms with van der Waals surface area (Å²) in [4.78, 5) is 58.5. The fourth-order valence-electron chi connectivity index (χ4n) is 4.90. The molecule has 15 heteroatoms. The largest absolute Gasteiger partial charge is 0.480 e. The zero-order valence-electron chi connectivity index (χ0n) is 28.1. The van der Waals surface area contributed by atoms with Gasteiger partial charge in [0, 0.05) is 30.5 Å². The van der Waals surface area contributed by atoms with Crippen LogP contribution in [0.5, 0.6) is 0 Å². The number of hydrogen-bond acceptors (Lipinski definition) is 9. The number of carbonyl (C=O) groups is 4. The summed E-state index contributed by atoms with van der Waals surface area (Å²) >= 11 is 0. The minimum Gasteiger partial charge on any atom is -0.480 e. The Kier molecular flexibility index (Phi) is 12.8. The Morgan fingerprint density at radius 3 is 2.04 bits per heavy atom. The van der Waals surface area contributed by atoms with Crippen LogP contribution in [0.25, 0.3) is 21.6 Å². The van der Waals surface area contributed by atoms with Crippen molar-refractivity contribution in [2.75, 3.05) is 26.2 Å². The number of azide groups is 1. The van der Waals surface area contributed by atoms with Gasteiger partial charge in [-0.15, -0.1) is 0 Å². The molecule has 0 saturated carbocycles. The van der Waals surface area contributed by atoms with Gasteiger partial charge in [0.1, 0.15) is 23.9 Å². The number of benzene rings is 2. The predicted octanol–water partition coefficient (Wildman–Crippen LogP) is 6.19. The number of nitrogens with zero attached hydrogens (tertiary/aromatic N) is 5. The number of carbonyl (C=O) groups excluding carboxylic acids is 3. The number of ether oxygens (including phenoxy) is 3. The van der Waals surface area contributed by atoms with Gasteiger partial charge in [-0.2, -0.15) is 0 Å². The Morgan fingerprint density at radius 1 is 0.917 bits per heavy atom. The highest BCUT2D eigenvalue weighted by Crippen LogP contribution is 2.44. The molecule has 0 spiro atoms. The first-order valence-electron chi connectivity index (χ1n) is 15.5. The van der Waals surface area contributed by atoms with Gasteiger partial charge in [-0.1, -0.05) is 53.6 Å². The van der Waals surface area contributed by atoms with Gasteiger partial charge < -0.3 is 24.6 Å². The molecule has 1 aliphatic carbocycles. The number of carboxylic acid groups (broad SMARTS) is 1. The maximum atomic E-state index is 13.1. The molecule has 0 heterocycles. The van der Waals surface area contributed by atoms with E-state index in [-0.39, 0.29) is 51.0 Å². The normalized spacial score (nSPS) is 13.2. The molecule has 0 radical (unpaired) electrons. The average molecular weight is 666 g/mol. The maximum absolute atomic E-state index is 13.1. The summed E-state index contributed by atoms with van der Waals surface area (Å²) in [5, 5.41) is 18.1. The van der Waals surface area contributed by atoms with E-state index in [1.807, 2.05) is 48.5 Å². The molecule has 15 nitrogen and oxygen atoms in total. The molecular formula is C33H43N7O8. The third kappa shape index (κ3) is 11.2. The van der Waals surface area contributed by atoms with Crippen LogP contribution >= 0.6 is 0 Å². The molecule has 1 aliphatic rings. The van der Waals surface area contributed by atoms with Crippen LogP contribution in [-0.4, -0.2) is 83.7 Å². The van der Waals surface area contributed by atoms with E-state index in [1.54, 1.807) is 41.5 Å². The Bertz CT molecular complexity index is 1510. The lowest BCUT2D eigenvalue weighted by Gasteiger charge is -2.28. The van der Waals surface area contributed by atoms with Crippen molar-refractivity contribution in [3.05, 3.63) is 70.1 Å². The van der Waals surface area contributed by atoms with Gasteiger partial charge in [-0.3, -0.25) is 10.3 Å². The number of fused-ring (bicyclic) bond motifs is 3. The smallest absolute Gasteiger partial charge is 0.417 e. The molecule has 0 unspecified atom stereocenters. The third-order valence-electron chi connectivity index (χ3n) is 6.82. The minimum atomic E-state index is -1.30. The fraction of sp³-hybridized carbons (Fsp3) is 0.485. The van der Waals surface area contributed by atoms with Crippen molar-refractivity contribution in [2.24, 2.45) is 10.1 Å². The third-order valence-corrected chi connectivity index (χ3v) is 6.82. The number of carboxylic acids is 1. The zero-order chi connectivity index (χ0) is 35.5. The number of guanidine groups is 1. The van der Waals surface area contributed by atoms with E-state index in [2.05, 4.69) is 25.7 Å². The molecule has 2 aromatic rings. The van der Waals surface area contributed by atoms with Crippen molar-refractivity contribution in [1.29, 1.82) is 0 Å². The van der Waals surface area contributed by atoms with E-state index < -0.39 is 41.5 Å². The number of alkyl carbamates (subject to hydrolysis) is 2. The van der Waals surface area contributed by atoms with Crippen LogP contribution < -0.4 is 10.6 Å². The molecule has 0 fully saturated rings. The molecule has 0 aliphatic heterocycles. The topological polar surface area (TPSA) is 205 Å². The zero-order valence-corrected chi connectivity index (χ0v) is 28.1. The van der Waals surface area contributed by atoms with Gasteiger partial charge in [-0.25, -0.2) is 24.1 Å². The summed E-state index contributed by atoms with van der Waals surface area (Å²) < 4.78 is 16.3. The van der Waals surface area contributed by atoms with Crippen LogP contribution in [0.2, 0.25) is 0 Å². The van der Waals surface area contributed by atoms with Gasteiger partial charge in [0.25, 0.3) is 0 Å². The van der Waals surface area contributed by atoms with Crippen LogP contribution in [0.4, 0.5) is 14.4 Å². The van der Waals surface area contributed by atoms with E-state index in [0.717, 1.165) is 27.2 Å². The first kappa shape index (κ1) is 37.2. The molecule has 0 aromatic heterocycles. The van der Waals surface area contributed by atoms with E-state index in [0.29, 0.717) is 0 Å². The van der Waals surface area contributed by atoms with Gasteiger partial charge in [0.2, 0.25) is 5.96 Å². The van der Waals surface area contributed by atoms with Gasteiger partial charge in [0.15, 0.2) is 0 Å². The van der Waals surface area contributed by atoms with Crippen LogP contribution in [0.3, 0.4) is 0 Å². The molecule has 2 aromatic carbocycles. The average Bonchev–Trinajstić information content (AvgIpc) is 3.31. The molecule has 1 atom stereocenters. The standard InChI is InChI=1S/C33H43N7O8/c1-32(2,3)47-30(44)38-28(40(19-18-36-39-34)31(45)48-33(4,5)6)35-17-11-16-26(27(41)42)37-29(43)46-20-25-23-14-9-7-12-21(23)22-13-8-10-15-24(22)25/h7-10,12-15,25-26H,11,16-20H2,1-6H3,(H,37,43)(H,41,42)(H,35,38,44)/t26-/m0/s1. The lowest BCUT2D eigenvalue weighted by molar-refractivity contribution is -0.139. The van der Waals surface area contributed by atoms with Gasteiger partial charge >= 0.3 is 24.2 Å². The number of aliphatic imine (C=N–C) groups is 1.